The normalized spacial score (nSPS) is 10.5. The molecule has 0 bridgehead atoms. The molecular formula is C15H11BrN2OS2. The van der Waals surface area contributed by atoms with Crippen molar-refractivity contribution in [3.8, 4) is 10.6 Å². The lowest BCUT2D eigenvalue weighted by molar-refractivity contribution is 0.0955. The summed E-state index contributed by atoms with van der Waals surface area (Å²) in [5.41, 5.74) is 1.98. The second-order valence-electron chi connectivity index (χ2n) is 4.34. The minimum Gasteiger partial charge on any atom is -0.347 e. The van der Waals surface area contributed by atoms with Crippen molar-refractivity contribution in [3.63, 3.8) is 0 Å². The van der Waals surface area contributed by atoms with Crippen molar-refractivity contribution < 1.29 is 4.79 Å². The molecular weight excluding hydrogens is 368 g/mol. The average molecular weight is 379 g/mol. The van der Waals surface area contributed by atoms with E-state index in [1.54, 1.807) is 17.5 Å². The zero-order chi connectivity index (χ0) is 14.7. The van der Waals surface area contributed by atoms with E-state index in [9.17, 15) is 4.79 Å². The molecule has 3 heterocycles. The Morgan fingerprint density at radius 1 is 1.29 bits per heavy atom. The van der Waals surface area contributed by atoms with Crippen molar-refractivity contribution in [3.05, 3.63) is 62.2 Å². The van der Waals surface area contributed by atoms with E-state index in [2.05, 4.69) is 26.2 Å². The Labute approximate surface area is 138 Å². The molecule has 106 valence electrons. The predicted octanol–water partition coefficient (Wildman–Crippen LogP) is 4.56. The van der Waals surface area contributed by atoms with Crippen LogP contribution in [0.4, 0.5) is 0 Å². The Kier molecular flexibility index (Phi) is 4.48. The molecule has 3 rings (SSSR count). The third kappa shape index (κ3) is 3.58. The summed E-state index contributed by atoms with van der Waals surface area (Å²) in [6.07, 6.45) is 1.78. The molecule has 6 heteroatoms. The van der Waals surface area contributed by atoms with Crippen LogP contribution in [0, 0.1) is 0 Å². The first-order chi connectivity index (χ1) is 10.2. The number of hydrogen-bond acceptors (Lipinski definition) is 4. The molecule has 0 saturated carbocycles. The minimum absolute atomic E-state index is 0.0554. The number of thiophene rings is 2. The number of nitrogens with one attached hydrogen (secondary N) is 1. The fourth-order valence-electron chi connectivity index (χ4n) is 1.84. The highest BCUT2D eigenvalue weighted by molar-refractivity contribution is 9.10. The van der Waals surface area contributed by atoms with Crippen LogP contribution >= 0.6 is 38.6 Å². The van der Waals surface area contributed by atoms with Gasteiger partial charge in [0.15, 0.2) is 0 Å². The predicted molar refractivity (Wildman–Crippen MR) is 90.7 cm³/mol. The maximum Gasteiger partial charge on any atom is 0.261 e. The lowest BCUT2D eigenvalue weighted by atomic mass is 10.2. The van der Waals surface area contributed by atoms with Gasteiger partial charge in [0.1, 0.15) is 0 Å². The number of hydrogen-bond donors (Lipinski definition) is 1. The Bertz CT molecular complexity index is 753. The SMILES string of the molecule is O=C(NCc1ccnc(-c2cccs2)c1)c1cc(Br)cs1. The number of carbonyl (C=O) groups is 1. The standard InChI is InChI=1S/C15H11BrN2OS2/c16-11-7-14(21-9-11)15(19)18-8-10-3-4-17-12(6-10)13-2-1-5-20-13/h1-7,9H,8H2,(H,18,19). The third-order valence-electron chi connectivity index (χ3n) is 2.84. The van der Waals surface area contributed by atoms with E-state index in [4.69, 9.17) is 0 Å². The summed E-state index contributed by atoms with van der Waals surface area (Å²) in [4.78, 5) is 18.2. The molecule has 0 fully saturated rings. The van der Waals surface area contributed by atoms with Crippen molar-refractivity contribution >= 4 is 44.5 Å². The van der Waals surface area contributed by atoms with E-state index in [0.29, 0.717) is 11.4 Å². The van der Waals surface area contributed by atoms with E-state index >= 15 is 0 Å². The van der Waals surface area contributed by atoms with Crippen molar-refractivity contribution in [2.45, 2.75) is 6.54 Å². The molecule has 3 aromatic rings. The Hall–Kier alpha value is -1.50. The van der Waals surface area contributed by atoms with Gasteiger partial charge in [0.25, 0.3) is 5.91 Å². The number of amides is 1. The highest BCUT2D eigenvalue weighted by Crippen LogP contribution is 2.23. The summed E-state index contributed by atoms with van der Waals surface area (Å²) < 4.78 is 0.932. The quantitative estimate of drug-likeness (QED) is 0.722. The molecule has 0 atom stereocenters. The van der Waals surface area contributed by atoms with Gasteiger partial charge < -0.3 is 5.32 Å². The molecule has 0 aliphatic heterocycles. The van der Waals surface area contributed by atoms with E-state index in [0.717, 1.165) is 20.6 Å². The molecule has 21 heavy (non-hydrogen) atoms. The van der Waals surface area contributed by atoms with Gasteiger partial charge in [-0.3, -0.25) is 9.78 Å². The number of nitrogens with zero attached hydrogens (tertiary/aromatic N) is 1. The second-order valence-corrected chi connectivity index (χ2v) is 7.11. The van der Waals surface area contributed by atoms with Gasteiger partial charge in [-0.15, -0.1) is 22.7 Å². The van der Waals surface area contributed by atoms with E-state index in [1.165, 1.54) is 11.3 Å². The summed E-state index contributed by atoms with van der Waals surface area (Å²) in [6, 6.07) is 9.80. The zero-order valence-electron chi connectivity index (χ0n) is 10.9. The molecule has 0 radical (unpaired) electrons. The van der Waals surface area contributed by atoms with Crippen LogP contribution in [0.3, 0.4) is 0 Å². The summed E-state index contributed by atoms with van der Waals surface area (Å²) in [7, 11) is 0. The van der Waals surface area contributed by atoms with Gasteiger partial charge in [-0.2, -0.15) is 0 Å². The molecule has 3 aromatic heterocycles. The van der Waals surface area contributed by atoms with Gasteiger partial charge in [0.05, 0.1) is 15.4 Å². The van der Waals surface area contributed by atoms with Gasteiger partial charge in [-0.1, -0.05) is 6.07 Å². The minimum atomic E-state index is -0.0554. The first kappa shape index (κ1) is 14.4. The topological polar surface area (TPSA) is 42.0 Å². The molecule has 3 nitrogen and oxygen atoms in total. The van der Waals surface area contributed by atoms with Crippen LogP contribution in [0.1, 0.15) is 15.2 Å². The average Bonchev–Trinajstić information content (AvgIpc) is 3.16. The van der Waals surface area contributed by atoms with Crippen molar-refractivity contribution in [2.75, 3.05) is 0 Å². The van der Waals surface area contributed by atoms with Crippen LogP contribution in [-0.4, -0.2) is 10.9 Å². The monoisotopic (exact) mass is 378 g/mol. The van der Waals surface area contributed by atoms with Crippen molar-refractivity contribution in [2.24, 2.45) is 0 Å². The molecule has 0 saturated heterocycles. The second kappa shape index (κ2) is 6.51. The molecule has 1 amide bonds. The first-order valence-electron chi connectivity index (χ1n) is 6.23. The fraction of sp³-hybridized carbons (Fsp3) is 0.0667. The summed E-state index contributed by atoms with van der Waals surface area (Å²) in [5.74, 6) is -0.0554. The van der Waals surface area contributed by atoms with Crippen LogP contribution in [0.25, 0.3) is 10.6 Å². The highest BCUT2D eigenvalue weighted by atomic mass is 79.9. The van der Waals surface area contributed by atoms with Gasteiger partial charge in [-0.25, -0.2) is 0 Å². The van der Waals surface area contributed by atoms with Crippen molar-refractivity contribution in [1.29, 1.82) is 0 Å². The summed E-state index contributed by atoms with van der Waals surface area (Å²) in [5, 5.41) is 6.85. The molecule has 0 unspecified atom stereocenters. The highest BCUT2D eigenvalue weighted by Gasteiger charge is 2.08. The van der Waals surface area contributed by atoms with Gasteiger partial charge in [-0.05, 0) is 51.1 Å². The van der Waals surface area contributed by atoms with Crippen LogP contribution in [-0.2, 0) is 6.54 Å². The van der Waals surface area contributed by atoms with Crippen LogP contribution in [0.15, 0.2) is 51.8 Å². The molecule has 0 aliphatic carbocycles. The largest absolute Gasteiger partial charge is 0.347 e. The van der Waals surface area contributed by atoms with Crippen LogP contribution in [0.5, 0.6) is 0 Å². The van der Waals surface area contributed by atoms with Gasteiger partial charge in [0, 0.05) is 22.6 Å². The van der Waals surface area contributed by atoms with E-state index < -0.39 is 0 Å². The lowest BCUT2D eigenvalue weighted by Gasteiger charge is -2.05. The Morgan fingerprint density at radius 2 is 2.19 bits per heavy atom. The Morgan fingerprint density at radius 3 is 2.90 bits per heavy atom. The summed E-state index contributed by atoms with van der Waals surface area (Å²) in [6.45, 7) is 0.495. The fourth-order valence-corrected chi connectivity index (χ4v) is 3.88. The van der Waals surface area contributed by atoms with Gasteiger partial charge in [0.2, 0.25) is 0 Å². The molecule has 0 aromatic carbocycles. The molecule has 0 aliphatic rings. The summed E-state index contributed by atoms with van der Waals surface area (Å²) >= 11 is 6.43. The van der Waals surface area contributed by atoms with Crippen LogP contribution < -0.4 is 5.32 Å². The molecule has 1 N–H and O–H groups in total. The third-order valence-corrected chi connectivity index (χ3v) is 5.42. The van der Waals surface area contributed by atoms with Crippen molar-refractivity contribution in [1.82, 2.24) is 10.3 Å². The molecule has 0 spiro atoms. The number of aromatic nitrogens is 1. The van der Waals surface area contributed by atoms with Crippen LogP contribution in [0.2, 0.25) is 0 Å². The van der Waals surface area contributed by atoms with Gasteiger partial charge >= 0.3 is 0 Å². The first-order valence-corrected chi connectivity index (χ1v) is 8.78. The van der Waals surface area contributed by atoms with E-state index in [-0.39, 0.29) is 5.91 Å². The Balaban J connectivity index is 1.68. The zero-order valence-corrected chi connectivity index (χ0v) is 14.1. The smallest absolute Gasteiger partial charge is 0.261 e. The maximum atomic E-state index is 12.0. The number of carbonyl (C=O) groups excluding carboxylic acids is 1. The number of pyridine rings is 1. The lowest BCUT2D eigenvalue weighted by Crippen LogP contribution is -2.21. The maximum absolute atomic E-state index is 12.0. The number of halogens is 1. The van der Waals surface area contributed by atoms with E-state index in [1.807, 2.05) is 41.1 Å². The number of rotatable bonds is 4.